The third-order valence-corrected chi connectivity index (χ3v) is 7.94. The molecule has 23 heavy (non-hydrogen) atoms. The number of aryl methyl sites for hydroxylation is 1. The van der Waals surface area contributed by atoms with Gasteiger partial charge in [0.15, 0.2) is 0 Å². The van der Waals surface area contributed by atoms with Crippen LogP contribution in [0.2, 0.25) is 0 Å². The van der Waals surface area contributed by atoms with E-state index in [1.807, 2.05) is 12.1 Å². The summed E-state index contributed by atoms with van der Waals surface area (Å²) >= 11 is 0. The third kappa shape index (κ3) is 1.37. The minimum atomic E-state index is -1.05. The molecule has 3 nitrogen and oxygen atoms in total. The fourth-order valence-electron chi connectivity index (χ4n) is 6.70. The average Bonchev–Trinajstić information content (AvgIpc) is 2.86. The van der Waals surface area contributed by atoms with Gasteiger partial charge in [-0.2, -0.15) is 0 Å². The summed E-state index contributed by atoms with van der Waals surface area (Å²) in [5.41, 5.74) is 1.28. The van der Waals surface area contributed by atoms with E-state index in [1.165, 1.54) is 11.1 Å². The first-order valence-corrected chi connectivity index (χ1v) is 8.84. The summed E-state index contributed by atoms with van der Waals surface area (Å²) in [7, 11) is 0. The minimum Gasteiger partial charge on any atom is -0.508 e. The second-order valence-electron chi connectivity index (χ2n) is 8.42. The van der Waals surface area contributed by atoms with Crippen molar-refractivity contribution >= 4 is 0 Å². The maximum absolute atomic E-state index is 11.1. The Hall–Kier alpha value is -1.32. The van der Waals surface area contributed by atoms with Gasteiger partial charge < -0.3 is 15.3 Å². The van der Waals surface area contributed by atoms with E-state index in [0.717, 1.165) is 25.7 Å². The summed E-state index contributed by atoms with van der Waals surface area (Å²) in [5.74, 6) is 1.30. The molecule has 4 aliphatic rings. The van der Waals surface area contributed by atoms with Crippen LogP contribution in [0.25, 0.3) is 0 Å². The van der Waals surface area contributed by atoms with E-state index >= 15 is 0 Å². The molecule has 1 aromatic rings. The monoisotopic (exact) mass is 312 g/mol. The quantitative estimate of drug-likeness (QED) is 0.646. The first-order chi connectivity index (χ1) is 10.9. The van der Waals surface area contributed by atoms with E-state index in [9.17, 15) is 15.3 Å². The highest BCUT2D eigenvalue weighted by molar-refractivity contribution is 5.45. The summed E-state index contributed by atoms with van der Waals surface area (Å²) in [6, 6.07) is 5.81. The van der Waals surface area contributed by atoms with Crippen LogP contribution in [0.15, 0.2) is 30.4 Å². The predicted molar refractivity (Wildman–Crippen MR) is 87.1 cm³/mol. The fourth-order valence-corrected chi connectivity index (χ4v) is 6.70. The molecular weight excluding hydrogens is 288 g/mol. The lowest BCUT2D eigenvalue weighted by Gasteiger charge is -2.56. The number of allylic oxidation sites excluding steroid dienone is 1. The van der Waals surface area contributed by atoms with Gasteiger partial charge in [0.25, 0.3) is 0 Å². The van der Waals surface area contributed by atoms with Gasteiger partial charge in [-0.3, -0.25) is 0 Å². The normalized spacial score (nSPS) is 49.6. The van der Waals surface area contributed by atoms with Gasteiger partial charge in [-0.1, -0.05) is 25.1 Å². The Morgan fingerprint density at radius 3 is 2.78 bits per heavy atom. The predicted octanol–water partition coefficient (Wildman–Crippen LogP) is 2.89. The number of aromatic hydroxyl groups is 1. The van der Waals surface area contributed by atoms with Crippen molar-refractivity contribution in [3.8, 4) is 5.75 Å². The fraction of sp³-hybridized carbons (Fsp3) is 0.600. The zero-order valence-electron chi connectivity index (χ0n) is 13.5. The van der Waals surface area contributed by atoms with Crippen molar-refractivity contribution in [2.24, 2.45) is 16.7 Å². The van der Waals surface area contributed by atoms with E-state index in [0.29, 0.717) is 24.0 Å². The molecule has 6 atom stereocenters. The summed E-state index contributed by atoms with van der Waals surface area (Å²) in [6.07, 6.45) is 8.22. The molecule has 0 radical (unpaired) electrons. The second kappa shape index (κ2) is 4.01. The number of phenolic OH excluding ortho intramolecular Hbond substituents is 1. The van der Waals surface area contributed by atoms with Crippen molar-refractivity contribution in [2.45, 2.75) is 56.7 Å². The molecule has 0 heterocycles. The molecule has 0 aromatic heterocycles. The van der Waals surface area contributed by atoms with Gasteiger partial charge in [0.2, 0.25) is 0 Å². The highest BCUT2D eigenvalue weighted by Crippen LogP contribution is 2.74. The number of aliphatic hydroxyl groups is 2. The van der Waals surface area contributed by atoms with E-state index in [1.54, 1.807) is 6.07 Å². The molecule has 0 saturated heterocycles. The lowest BCUT2D eigenvalue weighted by atomic mass is 9.48. The number of phenols is 1. The Kier molecular flexibility index (Phi) is 2.45. The number of hydrogen-bond acceptors (Lipinski definition) is 3. The lowest BCUT2D eigenvalue weighted by Crippen LogP contribution is -2.53. The first kappa shape index (κ1) is 14.1. The second-order valence-corrected chi connectivity index (χ2v) is 8.42. The highest BCUT2D eigenvalue weighted by Gasteiger charge is 2.74. The molecule has 0 spiro atoms. The van der Waals surface area contributed by atoms with Gasteiger partial charge in [0.05, 0.1) is 6.10 Å². The molecule has 1 aromatic carbocycles. The van der Waals surface area contributed by atoms with Crippen LogP contribution in [0, 0.1) is 16.7 Å². The summed E-state index contributed by atoms with van der Waals surface area (Å²) in [5, 5.41) is 31.4. The van der Waals surface area contributed by atoms with Crippen LogP contribution in [0.4, 0.5) is 0 Å². The highest BCUT2D eigenvalue weighted by atomic mass is 16.3. The standard InChI is InChI=1S/C20H24O3/c1-18-7-6-15-14-4-3-13(21)10-12(14)2-5-16(15)19(18)8-9-20(18,23)17(22)11-19/h3-4,8-10,15-17,21-23H,2,5-7,11H2,1H3/t15-,16-,17-,18+,19+,20+/m1/s1. The molecule has 4 aliphatic carbocycles. The van der Waals surface area contributed by atoms with Crippen molar-refractivity contribution < 1.29 is 15.3 Å². The SMILES string of the molecule is C[C@]12CC[C@@H]3c4ccc(O)cc4CC[C@H]3[C@@]13C=C[C@]2(O)[C@H](O)C3. The van der Waals surface area contributed by atoms with Crippen LogP contribution < -0.4 is 0 Å². The average molecular weight is 312 g/mol. The van der Waals surface area contributed by atoms with E-state index in [-0.39, 0.29) is 10.8 Å². The van der Waals surface area contributed by atoms with E-state index in [4.69, 9.17) is 0 Å². The van der Waals surface area contributed by atoms with Crippen LogP contribution in [-0.4, -0.2) is 27.0 Å². The van der Waals surface area contributed by atoms with Crippen molar-refractivity contribution in [1.82, 2.24) is 0 Å². The Labute approximate surface area is 136 Å². The van der Waals surface area contributed by atoms with Gasteiger partial charge in [0.1, 0.15) is 11.4 Å². The molecule has 0 amide bonds. The smallest absolute Gasteiger partial charge is 0.115 e. The summed E-state index contributed by atoms with van der Waals surface area (Å²) < 4.78 is 0. The largest absolute Gasteiger partial charge is 0.508 e. The van der Waals surface area contributed by atoms with Crippen molar-refractivity contribution in [3.63, 3.8) is 0 Å². The van der Waals surface area contributed by atoms with Crippen LogP contribution in [0.5, 0.6) is 5.75 Å². The summed E-state index contributed by atoms with van der Waals surface area (Å²) in [6.45, 7) is 2.19. The Balaban J connectivity index is 1.64. The lowest BCUT2D eigenvalue weighted by molar-refractivity contribution is -0.112. The van der Waals surface area contributed by atoms with Crippen molar-refractivity contribution in [1.29, 1.82) is 0 Å². The summed E-state index contributed by atoms with van der Waals surface area (Å²) in [4.78, 5) is 0. The number of rotatable bonds is 0. The topological polar surface area (TPSA) is 60.7 Å². The number of benzene rings is 1. The molecule has 3 N–H and O–H groups in total. The zero-order chi connectivity index (χ0) is 16.0. The van der Waals surface area contributed by atoms with E-state index < -0.39 is 11.7 Å². The molecule has 2 fully saturated rings. The minimum absolute atomic E-state index is 0.0837. The molecule has 5 rings (SSSR count). The van der Waals surface area contributed by atoms with Gasteiger partial charge >= 0.3 is 0 Å². The van der Waals surface area contributed by atoms with Crippen LogP contribution in [0.1, 0.15) is 49.7 Å². The molecule has 122 valence electrons. The maximum Gasteiger partial charge on any atom is 0.115 e. The van der Waals surface area contributed by atoms with Gasteiger partial charge in [-0.25, -0.2) is 0 Å². The number of aliphatic hydroxyl groups excluding tert-OH is 1. The molecule has 2 bridgehead atoms. The van der Waals surface area contributed by atoms with Gasteiger partial charge in [-0.05, 0) is 67.2 Å². The van der Waals surface area contributed by atoms with Gasteiger partial charge in [0, 0.05) is 10.8 Å². The number of hydrogen-bond donors (Lipinski definition) is 3. The molecule has 2 saturated carbocycles. The Bertz CT molecular complexity index is 726. The van der Waals surface area contributed by atoms with Crippen LogP contribution in [-0.2, 0) is 6.42 Å². The molecular formula is C20H24O3. The number of fused-ring (bicyclic) bond motifs is 3. The maximum atomic E-state index is 11.1. The van der Waals surface area contributed by atoms with Crippen molar-refractivity contribution in [2.75, 3.05) is 0 Å². The Morgan fingerprint density at radius 2 is 2.00 bits per heavy atom. The molecule has 0 aliphatic heterocycles. The van der Waals surface area contributed by atoms with Crippen LogP contribution in [0.3, 0.4) is 0 Å². The molecule has 3 heteroatoms. The zero-order valence-corrected chi connectivity index (χ0v) is 13.5. The van der Waals surface area contributed by atoms with Gasteiger partial charge in [-0.15, -0.1) is 0 Å². The van der Waals surface area contributed by atoms with Crippen molar-refractivity contribution in [3.05, 3.63) is 41.5 Å². The van der Waals surface area contributed by atoms with E-state index in [2.05, 4.69) is 19.1 Å². The third-order valence-electron chi connectivity index (χ3n) is 7.94. The first-order valence-electron chi connectivity index (χ1n) is 8.84. The van der Waals surface area contributed by atoms with Crippen LogP contribution >= 0.6 is 0 Å². The molecule has 0 unspecified atom stereocenters. The Morgan fingerprint density at radius 1 is 1.17 bits per heavy atom.